The van der Waals surface area contributed by atoms with E-state index in [0.29, 0.717) is 17.9 Å². The molecule has 0 bridgehead atoms. The van der Waals surface area contributed by atoms with E-state index < -0.39 is 5.54 Å². The Morgan fingerprint density at radius 2 is 1.88 bits per heavy atom. The van der Waals surface area contributed by atoms with E-state index in [9.17, 15) is 9.59 Å². The third-order valence-electron chi connectivity index (χ3n) is 4.76. The fourth-order valence-electron chi connectivity index (χ4n) is 3.46. The van der Waals surface area contributed by atoms with Gasteiger partial charge in [0, 0.05) is 6.42 Å². The summed E-state index contributed by atoms with van der Waals surface area (Å²) in [5, 5.41) is 2.85. The van der Waals surface area contributed by atoms with Crippen molar-refractivity contribution in [3.05, 3.63) is 59.2 Å². The second-order valence-electron chi connectivity index (χ2n) is 7.01. The van der Waals surface area contributed by atoms with Crippen LogP contribution in [0.5, 0.6) is 11.5 Å². The van der Waals surface area contributed by atoms with Crippen molar-refractivity contribution in [1.29, 1.82) is 0 Å². The molecule has 2 aliphatic heterocycles. The zero-order valence-electron chi connectivity index (χ0n) is 14.7. The van der Waals surface area contributed by atoms with Crippen molar-refractivity contribution in [2.24, 2.45) is 0 Å². The predicted molar refractivity (Wildman–Crippen MR) is 94.9 cm³/mol. The van der Waals surface area contributed by atoms with Crippen LogP contribution in [0.4, 0.5) is 4.79 Å². The van der Waals surface area contributed by atoms with E-state index in [0.717, 1.165) is 16.7 Å². The molecule has 0 unspecified atom stereocenters. The molecule has 0 saturated carbocycles. The van der Waals surface area contributed by atoms with Crippen molar-refractivity contribution in [3.63, 3.8) is 0 Å². The number of ether oxygens (including phenoxy) is 2. The minimum atomic E-state index is -0.978. The highest BCUT2D eigenvalue weighted by Gasteiger charge is 2.47. The molecule has 6 nitrogen and oxygen atoms in total. The van der Waals surface area contributed by atoms with Crippen LogP contribution in [-0.4, -0.2) is 29.2 Å². The number of aryl methyl sites for hydroxylation is 1. The SMILES string of the molecule is Cc1cccc(CN2C(=O)N[C@@](C)(Cc3ccc4c(c3)OCO4)C2=O)c1. The summed E-state index contributed by atoms with van der Waals surface area (Å²) in [6.07, 6.45) is 0.387. The number of carbonyl (C=O) groups excluding carboxylic acids is 2. The number of benzene rings is 2. The average molecular weight is 352 g/mol. The molecule has 26 heavy (non-hydrogen) atoms. The standard InChI is InChI=1S/C20H20N2O4/c1-13-4-3-5-15(8-13)11-22-18(23)20(2,21-19(22)24)10-14-6-7-16-17(9-14)26-12-25-16/h3-9H,10-12H2,1-2H3,(H,21,24)/t20-/m0/s1. The molecule has 134 valence electrons. The number of nitrogens with zero attached hydrogens (tertiary/aromatic N) is 1. The lowest BCUT2D eigenvalue weighted by atomic mass is 9.92. The van der Waals surface area contributed by atoms with Gasteiger partial charge in [0.05, 0.1) is 6.54 Å². The van der Waals surface area contributed by atoms with E-state index in [1.807, 2.05) is 49.4 Å². The fraction of sp³-hybridized carbons (Fsp3) is 0.300. The van der Waals surface area contributed by atoms with Gasteiger partial charge < -0.3 is 14.8 Å². The molecule has 2 aromatic rings. The summed E-state index contributed by atoms with van der Waals surface area (Å²) < 4.78 is 10.7. The minimum absolute atomic E-state index is 0.204. The van der Waals surface area contributed by atoms with Crippen molar-refractivity contribution in [3.8, 4) is 11.5 Å². The Hall–Kier alpha value is -3.02. The molecule has 0 aliphatic carbocycles. The van der Waals surface area contributed by atoms with Crippen molar-refractivity contribution in [1.82, 2.24) is 10.2 Å². The van der Waals surface area contributed by atoms with Crippen LogP contribution in [0.25, 0.3) is 0 Å². The molecule has 1 fully saturated rings. The number of imide groups is 1. The highest BCUT2D eigenvalue weighted by Crippen LogP contribution is 2.34. The number of rotatable bonds is 4. The smallest absolute Gasteiger partial charge is 0.325 e. The van der Waals surface area contributed by atoms with Gasteiger partial charge in [-0.3, -0.25) is 9.69 Å². The summed E-state index contributed by atoms with van der Waals surface area (Å²) in [7, 11) is 0. The number of urea groups is 1. The second kappa shape index (κ2) is 6.05. The topological polar surface area (TPSA) is 67.9 Å². The van der Waals surface area contributed by atoms with Gasteiger partial charge in [-0.15, -0.1) is 0 Å². The Morgan fingerprint density at radius 3 is 2.69 bits per heavy atom. The van der Waals surface area contributed by atoms with Crippen LogP contribution in [0.3, 0.4) is 0 Å². The van der Waals surface area contributed by atoms with Crippen LogP contribution in [0.1, 0.15) is 23.6 Å². The van der Waals surface area contributed by atoms with Crippen LogP contribution in [0.2, 0.25) is 0 Å². The quantitative estimate of drug-likeness (QED) is 0.859. The van der Waals surface area contributed by atoms with Gasteiger partial charge in [0.25, 0.3) is 5.91 Å². The summed E-state index contributed by atoms with van der Waals surface area (Å²) >= 11 is 0. The summed E-state index contributed by atoms with van der Waals surface area (Å²) in [5.41, 5.74) is 1.95. The molecule has 1 N–H and O–H groups in total. The molecule has 2 aromatic carbocycles. The Balaban J connectivity index is 1.53. The molecular weight excluding hydrogens is 332 g/mol. The molecule has 3 amide bonds. The lowest BCUT2D eigenvalue weighted by Gasteiger charge is -2.22. The van der Waals surface area contributed by atoms with E-state index >= 15 is 0 Å². The van der Waals surface area contributed by atoms with Crippen molar-refractivity contribution >= 4 is 11.9 Å². The molecule has 2 heterocycles. The zero-order chi connectivity index (χ0) is 18.3. The van der Waals surface area contributed by atoms with Gasteiger partial charge in [-0.25, -0.2) is 4.79 Å². The largest absolute Gasteiger partial charge is 0.454 e. The molecule has 1 saturated heterocycles. The Kier molecular flexibility index (Phi) is 3.83. The number of hydrogen-bond donors (Lipinski definition) is 1. The van der Waals surface area contributed by atoms with E-state index in [-0.39, 0.29) is 25.3 Å². The minimum Gasteiger partial charge on any atom is -0.454 e. The summed E-state index contributed by atoms with van der Waals surface area (Å²) in [6.45, 7) is 4.21. The number of carbonyl (C=O) groups is 2. The van der Waals surface area contributed by atoms with Gasteiger partial charge in [-0.2, -0.15) is 0 Å². The first-order chi connectivity index (χ1) is 12.4. The second-order valence-corrected chi connectivity index (χ2v) is 7.01. The maximum absolute atomic E-state index is 13.0. The van der Waals surface area contributed by atoms with Crippen LogP contribution in [-0.2, 0) is 17.8 Å². The highest BCUT2D eigenvalue weighted by molar-refractivity contribution is 6.06. The van der Waals surface area contributed by atoms with E-state index in [1.54, 1.807) is 6.92 Å². The number of nitrogens with one attached hydrogen (secondary N) is 1. The monoisotopic (exact) mass is 352 g/mol. The third-order valence-corrected chi connectivity index (χ3v) is 4.76. The van der Waals surface area contributed by atoms with Crippen LogP contribution in [0.15, 0.2) is 42.5 Å². The average Bonchev–Trinajstić information content (AvgIpc) is 3.13. The van der Waals surface area contributed by atoms with Crippen LogP contribution in [0, 0.1) is 6.92 Å². The molecular formula is C20H20N2O4. The van der Waals surface area contributed by atoms with Gasteiger partial charge in [-0.1, -0.05) is 35.9 Å². The zero-order valence-corrected chi connectivity index (χ0v) is 14.7. The van der Waals surface area contributed by atoms with Crippen molar-refractivity contribution in [2.45, 2.75) is 32.4 Å². The first-order valence-electron chi connectivity index (χ1n) is 8.53. The Morgan fingerprint density at radius 1 is 1.08 bits per heavy atom. The number of amides is 3. The van der Waals surface area contributed by atoms with E-state index in [4.69, 9.17) is 9.47 Å². The number of hydrogen-bond acceptors (Lipinski definition) is 4. The van der Waals surface area contributed by atoms with Crippen LogP contribution >= 0.6 is 0 Å². The molecule has 4 rings (SSSR count). The van der Waals surface area contributed by atoms with Crippen molar-refractivity contribution in [2.75, 3.05) is 6.79 Å². The summed E-state index contributed by atoms with van der Waals surface area (Å²) in [5.74, 6) is 1.14. The van der Waals surface area contributed by atoms with E-state index in [1.165, 1.54) is 4.90 Å². The van der Waals surface area contributed by atoms with Gasteiger partial charge >= 0.3 is 6.03 Å². The normalized spacial score (nSPS) is 21.2. The maximum atomic E-state index is 13.0. The first-order valence-corrected chi connectivity index (χ1v) is 8.53. The highest BCUT2D eigenvalue weighted by atomic mass is 16.7. The van der Waals surface area contributed by atoms with Gasteiger partial charge in [0.1, 0.15) is 5.54 Å². The molecule has 0 radical (unpaired) electrons. The lowest BCUT2D eigenvalue weighted by Crippen LogP contribution is -2.45. The van der Waals surface area contributed by atoms with Crippen LogP contribution < -0.4 is 14.8 Å². The first kappa shape index (κ1) is 16.4. The van der Waals surface area contributed by atoms with Gasteiger partial charge in [0.15, 0.2) is 11.5 Å². The lowest BCUT2D eigenvalue weighted by molar-refractivity contribution is -0.131. The Labute approximate surface area is 151 Å². The molecule has 0 aromatic heterocycles. The molecule has 2 aliphatic rings. The maximum Gasteiger partial charge on any atom is 0.325 e. The van der Waals surface area contributed by atoms with Crippen molar-refractivity contribution < 1.29 is 19.1 Å². The molecule has 0 spiro atoms. The summed E-state index contributed by atoms with van der Waals surface area (Å²) in [6, 6.07) is 13.0. The third kappa shape index (κ3) is 2.87. The van der Waals surface area contributed by atoms with E-state index in [2.05, 4.69) is 5.32 Å². The van der Waals surface area contributed by atoms with Gasteiger partial charge in [-0.05, 0) is 37.1 Å². The molecule has 1 atom stereocenters. The predicted octanol–water partition coefficient (Wildman–Crippen LogP) is 2.78. The Bertz CT molecular complexity index is 895. The molecule has 6 heteroatoms. The van der Waals surface area contributed by atoms with Gasteiger partial charge in [0.2, 0.25) is 6.79 Å². The number of fused-ring (bicyclic) bond motifs is 1. The summed E-state index contributed by atoms with van der Waals surface area (Å²) in [4.78, 5) is 26.6. The fourth-order valence-corrected chi connectivity index (χ4v) is 3.46.